The van der Waals surface area contributed by atoms with E-state index in [0.717, 1.165) is 0 Å². The molecule has 130 heavy (non-hydrogen) atoms. The predicted molar refractivity (Wildman–Crippen MR) is 560 cm³/mol. The van der Waals surface area contributed by atoms with E-state index in [1.54, 1.807) is 0 Å². The first-order valence-corrected chi connectivity index (χ1v) is 38.0. The summed E-state index contributed by atoms with van der Waals surface area (Å²) in [7, 11) is 0. The summed E-state index contributed by atoms with van der Waals surface area (Å²) in [6.07, 6.45) is 0. The van der Waals surface area contributed by atoms with Gasteiger partial charge in [0.15, 0.2) is 0 Å². The van der Waals surface area contributed by atoms with Crippen molar-refractivity contribution < 1.29 is 118 Å². The van der Waals surface area contributed by atoms with E-state index in [1.807, 2.05) is 0 Å². The Morgan fingerprint density at radius 2 is 0.285 bits per heavy atom. The quantitative estimate of drug-likeness (QED) is 0.107. The summed E-state index contributed by atoms with van der Waals surface area (Å²) < 4.78 is 770. The van der Waals surface area contributed by atoms with E-state index in [0.29, 0.717) is 0 Å². The molecule has 0 saturated heterocycles. The van der Waals surface area contributed by atoms with Gasteiger partial charge in [0.05, 0.1) is 118 Å². The first-order chi connectivity index (χ1) is 100. The van der Waals surface area contributed by atoms with Crippen molar-refractivity contribution in [2.24, 2.45) is 0 Å². The zero-order chi connectivity index (χ0) is 161. The van der Waals surface area contributed by atoms with Gasteiger partial charge in [-0.1, -0.05) is 502 Å². The summed E-state index contributed by atoms with van der Waals surface area (Å²) in [6, 6.07) is -87.3. The van der Waals surface area contributed by atoms with Gasteiger partial charge in [-0.3, -0.25) is 0 Å². The van der Waals surface area contributed by atoms with Gasteiger partial charge >= 0.3 is 0 Å². The van der Waals surface area contributed by atoms with E-state index in [2.05, 4.69) is 0 Å². The molecule has 0 nitrogen and oxygen atoms in total. The van der Waals surface area contributed by atoms with Crippen molar-refractivity contribution >= 4 is 108 Å². The van der Waals surface area contributed by atoms with Crippen molar-refractivity contribution in [1.29, 1.82) is 0 Å². The van der Waals surface area contributed by atoms with Gasteiger partial charge in [-0.15, -0.1) is 0 Å². The third kappa shape index (κ3) is 14.2. The van der Waals surface area contributed by atoms with Gasteiger partial charge in [0.1, 0.15) is 0 Å². The van der Waals surface area contributed by atoms with Crippen LogP contribution in [-0.4, -0.2) is 0 Å². The van der Waals surface area contributed by atoms with Crippen LogP contribution in [-0.2, 0) is 0 Å². The zero-order valence-electron chi connectivity index (χ0n) is 151. The number of rotatable bonds is 12. The molecule has 0 unspecified atom stereocenters. The third-order valence-corrected chi connectivity index (χ3v) is 20.3. The standard InChI is InChI=1S/C46H30.2C42H28/c1-3-14-31(15-4-1)37-28-29-42(39-22-10-9-21-38(37)39)46-41-24-12-11-23-40(41)45(33-17-5-2-6-18-33)44-30-34(26-27-43(44)46)36-25-13-19-32-16-7-8-20-35(32)36;1-4-14-29(15-5-1)32-24-25-39-40(28-32)41(31-18-8-3-9-19-31)36-22-12-13-23-37(36)42(39)38-27-26-33(30-16-6-2-7-17-30)34-20-10-11-21-35(34)38;1-4-14-29(15-5-1)32-24-25-39-40(28-32)42(37-23-13-12-22-36(37)41(39)31-18-8-3-9-19-31)38-27-26-33(30-16-6-2-7-17-30)34-20-10-11-21-35(34)38/h1-30H;2*1-28H/i1D,2D,3D,4D,5D,6D,7D,8D,9D,10D,11D,12D,13D,14D,15D,16D,17D,18D,19D,20D,21D,22D,23D,24D,25D,26D,27D,28D,29D,30D;2*1D,2D,3D,4D,5D,6D,7D,8D,9D,10D,11D,12D,13D,14D,15D,16D,17D,18D,19D,20D,21D,22D,23D,24D,25D,26D,27D,28D. The molecule has 25 aromatic carbocycles. The van der Waals surface area contributed by atoms with Crippen LogP contribution in [0.3, 0.4) is 0 Å². The molecule has 0 aromatic heterocycles. The van der Waals surface area contributed by atoms with Gasteiger partial charge in [0.25, 0.3) is 0 Å². The fourth-order valence-electron chi connectivity index (χ4n) is 15.0. The van der Waals surface area contributed by atoms with Crippen LogP contribution in [0.4, 0.5) is 0 Å². The van der Waals surface area contributed by atoms with Crippen LogP contribution in [0.5, 0.6) is 0 Å². The topological polar surface area (TPSA) is 0 Å². The molecule has 0 saturated carbocycles. The summed E-state index contributed by atoms with van der Waals surface area (Å²) in [5.74, 6) is 0. The molecule has 0 aliphatic heterocycles. The molecule has 0 heteroatoms. The molecular formula is C130H86. The Kier molecular flexibility index (Phi) is 7.65. The molecule has 0 aliphatic carbocycles. The molecular weight excluding hydrogens is 1560 g/mol. The van der Waals surface area contributed by atoms with E-state index >= 15 is 0 Å². The second-order valence-corrected chi connectivity index (χ2v) is 27.2. The van der Waals surface area contributed by atoms with Crippen LogP contribution in [0.1, 0.15) is 118 Å². The molecule has 0 N–H and O–H groups in total. The molecule has 0 bridgehead atoms. The van der Waals surface area contributed by atoms with E-state index in [-0.39, 0.29) is 0 Å². The van der Waals surface area contributed by atoms with E-state index in [4.69, 9.17) is 76.8 Å². The molecule has 25 rings (SSSR count). The Morgan fingerprint density at radius 1 is 0.0923 bits per heavy atom. The molecule has 0 heterocycles. The van der Waals surface area contributed by atoms with Gasteiger partial charge in [-0.05, 0) is 259 Å². The molecule has 0 aliphatic rings. The van der Waals surface area contributed by atoms with E-state index < -0.39 is 761 Å². The molecule has 0 amide bonds. The number of fused-ring (bicyclic) bond motifs is 10. The average molecular weight is 1730 g/mol. The minimum absolute atomic E-state index is 0.673. The van der Waals surface area contributed by atoms with Gasteiger partial charge in [-0.25, -0.2) is 0 Å². The highest BCUT2D eigenvalue weighted by Crippen LogP contribution is 2.53. The zero-order valence-corrected chi connectivity index (χ0v) is 65.0. The van der Waals surface area contributed by atoms with Crippen LogP contribution in [0, 0.1) is 0 Å². The van der Waals surface area contributed by atoms with Crippen molar-refractivity contribution in [2.75, 3.05) is 0 Å². The molecule has 606 valence electrons. The Labute approximate surface area is 878 Å². The minimum atomic E-state index is -1.18. The Balaban J connectivity index is 0.000000164. The summed E-state index contributed by atoms with van der Waals surface area (Å²) in [5, 5.41) is -16.2. The maximum absolute atomic E-state index is 10.2. The molecule has 25 aromatic rings. The van der Waals surface area contributed by atoms with Crippen LogP contribution in [0.25, 0.3) is 241 Å². The highest BCUT2D eigenvalue weighted by molar-refractivity contribution is 6.29. The van der Waals surface area contributed by atoms with Gasteiger partial charge in [0, 0.05) is 0 Å². The number of benzene rings is 25. The van der Waals surface area contributed by atoms with Crippen molar-refractivity contribution in [3.05, 3.63) is 520 Å². The van der Waals surface area contributed by atoms with Crippen LogP contribution in [0.15, 0.2) is 520 Å². The smallest absolute Gasteiger partial charge is 0.0622 e. The lowest BCUT2D eigenvalue weighted by molar-refractivity contribution is 1.63. The second kappa shape index (κ2) is 34.2. The first kappa shape index (κ1) is 29.1. The molecule has 0 radical (unpaired) electrons. The fraction of sp³-hybridized carbons (Fsp3) is 0. The minimum Gasteiger partial charge on any atom is -0.0622 e. The monoisotopic (exact) mass is 1730 g/mol. The van der Waals surface area contributed by atoms with Gasteiger partial charge in [0.2, 0.25) is 0 Å². The molecule has 0 atom stereocenters. The Bertz CT molecular complexity index is 14100. The van der Waals surface area contributed by atoms with E-state index in [1.165, 1.54) is 0 Å². The SMILES string of the molecule is [2H]c1c([2H])c([2H])c(-c2c([2H])c([2H])c(-c3c4c([2H])c([2H])c([2H])c([2H])c4c(-c4c([2H])c([2H])c([2H])c([2H])c4[2H])c4c([2H])c(-c5c([2H])c([2H])c([2H])c6c([2H])c([2H])c([2H])c([2H])c56)c([2H])c([2H])c34)c3c([2H])c([2H])c([2H])c([2H])c23)c([2H])c1[2H].[2H]c1c([2H])c([2H])c(-c2c([2H])c([2H])c3c(-c4c([2H])c([2H])c(-c5c([2H])c([2H])c([2H])c([2H])c5[2H])c5c([2H])c([2H])c([2H])c([2H])c45)c4c([2H])c([2H])c([2H])c([2H])c4c(-c4c([2H])c([2H])c([2H])c([2H])c4[2H])c3c2[2H])c([2H])c1[2H].[2H]c1c([2H])c([2H])c(-c2c([2H])c([2H])c3c(-c4c([2H])c([2H])c([2H])c([2H])c4[2H])c4c([2H])c([2H])c([2H])c([2H])c4c(-c4c([2H])c([2H])c(-c5c([2H])c([2H])c([2H])c([2H])c5[2H])c5c([2H])c([2H])c([2H])c([2H])c45)c3c2[2H])c([2H])c1[2H]. The third-order valence-electron chi connectivity index (χ3n) is 20.3. The summed E-state index contributed by atoms with van der Waals surface area (Å²) >= 11 is 0. The van der Waals surface area contributed by atoms with Crippen LogP contribution in [0.2, 0.25) is 0 Å². The van der Waals surface area contributed by atoms with Crippen LogP contribution >= 0.6 is 0 Å². The van der Waals surface area contributed by atoms with Crippen molar-refractivity contribution in [3.8, 4) is 134 Å². The lowest BCUT2D eigenvalue weighted by Gasteiger charge is -2.20. The maximum atomic E-state index is 10.2. The largest absolute Gasteiger partial charge is 0.0636 e. The summed E-state index contributed by atoms with van der Waals surface area (Å²) in [6.45, 7) is 0. The normalized spacial score (nSPS) is 20.6. The highest BCUT2D eigenvalue weighted by atomic mass is 14.3. The lowest BCUT2D eigenvalue weighted by atomic mass is 9.83. The summed E-state index contributed by atoms with van der Waals surface area (Å²) in [5.41, 5.74) is -20.2. The Hall–Kier alpha value is -16.9. The maximum Gasteiger partial charge on any atom is 0.0636 e. The lowest BCUT2D eigenvalue weighted by Crippen LogP contribution is -1.93. The Morgan fingerprint density at radius 3 is 0.615 bits per heavy atom. The van der Waals surface area contributed by atoms with Gasteiger partial charge < -0.3 is 0 Å². The van der Waals surface area contributed by atoms with Crippen LogP contribution < -0.4 is 0 Å². The van der Waals surface area contributed by atoms with E-state index in [9.17, 15) is 41.1 Å². The first-order valence-electron chi connectivity index (χ1n) is 81.0. The van der Waals surface area contributed by atoms with Crippen molar-refractivity contribution in [3.63, 3.8) is 0 Å². The predicted octanol–water partition coefficient (Wildman–Crippen LogP) is 36.6. The average Bonchev–Trinajstić information content (AvgIpc) is 0.681. The number of hydrogen-bond donors (Lipinski definition) is 0. The number of hydrogen-bond acceptors (Lipinski definition) is 0. The summed E-state index contributed by atoms with van der Waals surface area (Å²) in [4.78, 5) is 0. The highest BCUT2D eigenvalue weighted by Gasteiger charge is 2.25. The molecule has 0 fully saturated rings. The van der Waals surface area contributed by atoms with Gasteiger partial charge in [-0.2, -0.15) is 0 Å². The molecule has 0 spiro atoms. The second-order valence-electron chi connectivity index (χ2n) is 27.2. The van der Waals surface area contributed by atoms with Crippen molar-refractivity contribution in [2.45, 2.75) is 0 Å². The van der Waals surface area contributed by atoms with Crippen molar-refractivity contribution in [1.82, 2.24) is 0 Å². The fourth-order valence-corrected chi connectivity index (χ4v) is 15.0.